The minimum Gasteiger partial charge on any atom is -0.350 e. The van der Waals surface area contributed by atoms with E-state index in [0.29, 0.717) is 16.8 Å². The molecule has 0 radical (unpaired) electrons. The fourth-order valence-electron chi connectivity index (χ4n) is 1.77. The van der Waals surface area contributed by atoms with Crippen LogP contribution in [0, 0.1) is 11.6 Å². The van der Waals surface area contributed by atoms with Gasteiger partial charge in [0.1, 0.15) is 11.6 Å². The Morgan fingerprint density at radius 3 is 2.32 bits per heavy atom. The fraction of sp³-hybridized carbons (Fsp3) is 0.214. The molecule has 1 aromatic carbocycles. The quantitative estimate of drug-likeness (QED) is 0.795. The highest BCUT2D eigenvalue weighted by Gasteiger charge is 2.12. The first-order chi connectivity index (χ1) is 9.15. The van der Waals surface area contributed by atoms with Crippen LogP contribution in [-0.4, -0.2) is 19.2 Å². The molecule has 0 amide bonds. The van der Waals surface area contributed by atoms with Crippen molar-refractivity contribution < 1.29 is 18.3 Å². The number of rotatable bonds is 4. The Morgan fingerprint density at radius 1 is 1.05 bits per heavy atom. The van der Waals surface area contributed by atoms with Crippen molar-refractivity contribution in [3.05, 3.63) is 53.9 Å². The number of halogens is 2. The third kappa shape index (κ3) is 2.94. The molecule has 0 saturated heterocycles. The number of hydrogen-bond acceptors (Lipinski definition) is 3. The van der Waals surface area contributed by atoms with Gasteiger partial charge in [-0.1, -0.05) is 6.07 Å². The SMILES string of the molecule is COC(OC)c1ccc(-c2ccc(F)cc2F)cn1. The summed E-state index contributed by atoms with van der Waals surface area (Å²) >= 11 is 0. The average Bonchev–Trinajstić information content (AvgIpc) is 2.41. The Kier molecular flexibility index (Phi) is 4.19. The van der Waals surface area contributed by atoms with Gasteiger partial charge in [0.25, 0.3) is 0 Å². The monoisotopic (exact) mass is 265 g/mol. The van der Waals surface area contributed by atoms with Crippen molar-refractivity contribution in [2.45, 2.75) is 6.29 Å². The van der Waals surface area contributed by atoms with E-state index >= 15 is 0 Å². The van der Waals surface area contributed by atoms with Gasteiger partial charge >= 0.3 is 0 Å². The first kappa shape index (κ1) is 13.6. The Balaban J connectivity index is 2.32. The molecule has 0 aliphatic carbocycles. The van der Waals surface area contributed by atoms with Crippen molar-refractivity contribution >= 4 is 0 Å². The number of benzene rings is 1. The zero-order valence-electron chi connectivity index (χ0n) is 10.6. The summed E-state index contributed by atoms with van der Waals surface area (Å²) in [6.07, 6.45) is 0.934. The van der Waals surface area contributed by atoms with Crippen LogP contribution in [0.3, 0.4) is 0 Å². The van der Waals surface area contributed by atoms with Crippen molar-refractivity contribution in [1.82, 2.24) is 4.98 Å². The highest BCUT2D eigenvalue weighted by atomic mass is 19.1. The molecule has 19 heavy (non-hydrogen) atoms. The van der Waals surface area contributed by atoms with E-state index in [1.54, 1.807) is 12.1 Å². The van der Waals surface area contributed by atoms with Gasteiger partial charge < -0.3 is 9.47 Å². The van der Waals surface area contributed by atoms with Crippen LogP contribution in [0.2, 0.25) is 0 Å². The number of pyridine rings is 1. The molecule has 2 rings (SSSR count). The van der Waals surface area contributed by atoms with Crippen LogP contribution in [0.1, 0.15) is 12.0 Å². The first-order valence-electron chi connectivity index (χ1n) is 5.62. The number of hydrogen-bond donors (Lipinski definition) is 0. The third-order valence-electron chi connectivity index (χ3n) is 2.70. The van der Waals surface area contributed by atoms with Gasteiger partial charge in [-0.15, -0.1) is 0 Å². The number of nitrogens with zero attached hydrogens (tertiary/aromatic N) is 1. The maximum Gasteiger partial charge on any atom is 0.200 e. The molecule has 100 valence electrons. The minimum atomic E-state index is -0.621. The summed E-state index contributed by atoms with van der Waals surface area (Å²) in [5, 5.41) is 0. The molecule has 0 saturated carbocycles. The lowest BCUT2D eigenvalue weighted by Gasteiger charge is -2.13. The Bertz CT molecular complexity index is 554. The summed E-state index contributed by atoms with van der Waals surface area (Å²) in [5.74, 6) is -1.23. The van der Waals surface area contributed by atoms with Gasteiger partial charge in [0.2, 0.25) is 6.29 Å². The summed E-state index contributed by atoms with van der Waals surface area (Å²) in [7, 11) is 3.01. The van der Waals surface area contributed by atoms with E-state index < -0.39 is 17.9 Å². The van der Waals surface area contributed by atoms with Gasteiger partial charge in [0, 0.05) is 37.6 Å². The fourth-order valence-corrected chi connectivity index (χ4v) is 1.77. The summed E-state index contributed by atoms with van der Waals surface area (Å²) < 4.78 is 36.6. The van der Waals surface area contributed by atoms with Gasteiger partial charge in [0.05, 0.1) is 5.69 Å². The molecule has 0 atom stereocenters. The van der Waals surface area contributed by atoms with Crippen molar-refractivity contribution in [1.29, 1.82) is 0 Å². The van der Waals surface area contributed by atoms with E-state index in [9.17, 15) is 8.78 Å². The van der Waals surface area contributed by atoms with E-state index in [2.05, 4.69) is 4.98 Å². The standard InChI is InChI=1S/C14H13F2NO2/c1-18-14(19-2)13-6-3-9(8-17-13)11-5-4-10(15)7-12(11)16/h3-8,14H,1-2H3. The predicted molar refractivity (Wildman–Crippen MR) is 66.3 cm³/mol. The van der Waals surface area contributed by atoms with Crippen LogP contribution < -0.4 is 0 Å². The van der Waals surface area contributed by atoms with E-state index in [1.807, 2.05) is 0 Å². The molecule has 0 unspecified atom stereocenters. The number of aromatic nitrogens is 1. The molecule has 3 nitrogen and oxygen atoms in total. The number of methoxy groups -OCH3 is 2. The van der Waals surface area contributed by atoms with Gasteiger partial charge in [-0.25, -0.2) is 8.78 Å². The van der Waals surface area contributed by atoms with E-state index in [4.69, 9.17) is 9.47 Å². The molecule has 0 aliphatic rings. The van der Waals surface area contributed by atoms with Crippen molar-refractivity contribution in [2.24, 2.45) is 0 Å². The first-order valence-corrected chi connectivity index (χ1v) is 5.62. The van der Waals surface area contributed by atoms with Crippen LogP contribution in [0.25, 0.3) is 11.1 Å². The zero-order chi connectivity index (χ0) is 13.8. The molecule has 0 aliphatic heterocycles. The van der Waals surface area contributed by atoms with Gasteiger partial charge in [-0.3, -0.25) is 4.98 Å². The Labute approximate surface area is 109 Å². The zero-order valence-corrected chi connectivity index (χ0v) is 10.6. The van der Waals surface area contributed by atoms with Crippen LogP contribution >= 0.6 is 0 Å². The highest BCUT2D eigenvalue weighted by molar-refractivity contribution is 5.63. The molecule has 1 aromatic heterocycles. The Hall–Kier alpha value is -1.85. The van der Waals surface area contributed by atoms with Gasteiger partial charge in [-0.2, -0.15) is 0 Å². The second-order valence-corrected chi connectivity index (χ2v) is 3.90. The highest BCUT2D eigenvalue weighted by Crippen LogP contribution is 2.24. The smallest absolute Gasteiger partial charge is 0.200 e. The second kappa shape index (κ2) is 5.86. The summed E-state index contributed by atoms with van der Waals surface area (Å²) in [5.41, 5.74) is 1.44. The molecule has 1 heterocycles. The minimum absolute atomic E-state index is 0.298. The van der Waals surface area contributed by atoms with Crippen LogP contribution in [0.5, 0.6) is 0 Å². The lowest BCUT2D eigenvalue weighted by molar-refractivity contribution is -0.108. The van der Waals surface area contributed by atoms with Crippen LogP contribution in [0.15, 0.2) is 36.5 Å². The topological polar surface area (TPSA) is 31.4 Å². The van der Waals surface area contributed by atoms with Crippen LogP contribution in [-0.2, 0) is 9.47 Å². The van der Waals surface area contributed by atoms with Crippen molar-refractivity contribution in [3.63, 3.8) is 0 Å². The Morgan fingerprint density at radius 2 is 1.79 bits per heavy atom. The van der Waals surface area contributed by atoms with E-state index in [-0.39, 0.29) is 0 Å². The molecular weight excluding hydrogens is 252 g/mol. The maximum atomic E-state index is 13.6. The summed E-state index contributed by atoms with van der Waals surface area (Å²) in [6.45, 7) is 0. The second-order valence-electron chi connectivity index (χ2n) is 3.90. The van der Waals surface area contributed by atoms with E-state index in [1.165, 1.54) is 32.5 Å². The normalized spacial score (nSPS) is 11.0. The molecule has 5 heteroatoms. The molecular formula is C14H13F2NO2. The maximum absolute atomic E-state index is 13.6. The molecule has 0 N–H and O–H groups in total. The molecule has 0 bridgehead atoms. The predicted octanol–water partition coefficient (Wildman–Crippen LogP) is 3.32. The third-order valence-corrected chi connectivity index (χ3v) is 2.70. The van der Waals surface area contributed by atoms with Crippen LogP contribution in [0.4, 0.5) is 8.78 Å². The van der Waals surface area contributed by atoms with Gasteiger partial charge in [0.15, 0.2) is 0 Å². The molecule has 2 aromatic rings. The lowest BCUT2D eigenvalue weighted by Crippen LogP contribution is -2.05. The lowest BCUT2D eigenvalue weighted by atomic mass is 10.1. The molecule has 0 spiro atoms. The largest absolute Gasteiger partial charge is 0.350 e. The average molecular weight is 265 g/mol. The van der Waals surface area contributed by atoms with Crippen molar-refractivity contribution in [2.75, 3.05) is 14.2 Å². The summed E-state index contributed by atoms with van der Waals surface area (Å²) in [4.78, 5) is 4.15. The van der Waals surface area contributed by atoms with E-state index in [0.717, 1.165) is 6.07 Å². The summed E-state index contributed by atoms with van der Waals surface area (Å²) in [6, 6.07) is 6.79. The number of ether oxygens (including phenoxy) is 2. The van der Waals surface area contributed by atoms with Crippen molar-refractivity contribution in [3.8, 4) is 11.1 Å². The molecule has 0 fully saturated rings. The van der Waals surface area contributed by atoms with Gasteiger partial charge in [-0.05, 0) is 18.2 Å².